The van der Waals surface area contributed by atoms with E-state index in [0.29, 0.717) is 0 Å². The summed E-state index contributed by atoms with van der Waals surface area (Å²) in [6.45, 7) is 0.979. The molecule has 0 radical (unpaired) electrons. The topological polar surface area (TPSA) is 12.4 Å². The number of nitrogens with zero attached hydrogens (tertiary/aromatic N) is 1. The second-order valence-corrected chi connectivity index (χ2v) is 7.10. The molecule has 5 heteroatoms. The van der Waals surface area contributed by atoms with Gasteiger partial charge in [-0.2, -0.15) is 0 Å². The first-order chi connectivity index (χ1) is 7.25. The first kappa shape index (κ1) is 12.0. The molecule has 2 rings (SSSR count). The molecule has 0 spiro atoms. The summed E-state index contributed by atoms with van der Waals surface area (Å²) in [5.74, 6) is 2.12. The zero-order chi connectivity index (χ0) is 10.7. The maximum Gasteiger partial charge on any atom is 0.124 e. The quantitative estimate of drug-likeness (QED) is 0.761. The highest BCUT2D eigenvalue weighted by molar-refractivity contribution is 9.11. The summed E-state index contributed by atoms with van der Waals surface area (Å²) >= 11 is 10.7. The Kier molecular flexibility index (Phi) is 4.61. The smallest absolute Gasteiger partial charge is 0.124 e. The van der Waals surface area contributed by atoms with Gasteiger partial charge in [-0.1, -0.05) is 55.4 Å². The van der Waals surface area contributed by atoms with Crippen LogP contribution in [0.3, 0.4) is 0 Å². The third kappa shape index (κ3) is 3.51. The average Bonchev–Trinajstić information content (AvgIpc) is 2.72. The third-order valence-corrected chi connectivity index (χ3v) is 5.48. The van der Waals surface area contributed by atoms with Crippen molar-refractivity contribution in [2.75, 3.05) is 12.3 Å². The highest BCUT2D eigenvalue weighted by atomic mass is 79.9. The molecule has 1 aliphatic heterocycles. The first-order valence-corrected chi connectivity index (χ1v) is 8.05. The molecule has 1 heterocycles. The Balaban J connectivity index is 2.00. The fourth-order valence-electron chi connectivity index (χ4n) is 1.20. The van der Waals surface area contributed by atoms with Gasteiger partial charge in [0.25, 0.3) is 0 Å². The van der Waals surface area contributed by atoms with E-state index >= 15 is 0 Å². The van der Waals surface area contributed by atoms with Gasteiger partial charge in [0, 0.05) is 20.5 Å². The third-order valence-electron chi connectivity index (χ3n) is 1.92. The van der Waals surface area contributed by atoms with Gasteiger partial charge in [0.1, 0.15) is 4.38 Å². The van der Waals surface area contributed by atoms with Crippen LogP contribution in [0, 0.1) is 0 Å². The van der Waals surface area contributed by atoms with Crippen molar-refractivity contribution >= 4 is 59.8 Å². The Morgan fingerprint density at radius 3 is 3.00 bits per heavy atom. The predicted molar refractivity (Wildman–Crippen MR) is 77.9 cm³/mol. The molecule has 0 saturated carbocycles. The molecule has 15 heavy (non-hydrogen) atoms. The lowest BCUT2D eigenvalue weighted by Gasteiger charge is -2.04. The van der Waals surface area contributed by atoms with Crippen LogP contribution in [0.1, 0.15) is 5.56 Å². The predicted octanol–water partition coefficient (Wildman–Crippen LogP) is 4.55. The minimum Gasteiger partial charge on any atom is -0.271 e. The van der Waals surface area contributed by atoms with Crippen molar-refractivity contribution in [3.05, 3.63) is 32.7 Å². The maximum absolute atomic E-state index is 4.42. The highest BCUT2D eigenvalue weighted by Crippen LogP contribution is 2.29. The van der Waals surface area contributed by atoms with E-state index in [9.17, 15) is 0 Å². The van der Waals surface area contributed by atoms with Gasteiger partial charge < -0.3 is 0 Å². The van der Waals surface area contributed by atoms with Crippen LogP contribution in [-0.2, 0) is 5.75 Å². The molecule has 0 aliphatic carbocycles. The SMILES string of the molecule is Brc1ccc(Br)c(CSC2=NCCS2)c1. The maximum atomic E-state index is 4.42. The second-order valence-electron chi connectivity index (χ2n) is 3.02. The number of aliphatic imine (C=N–C) groups is 1. The van der Waals surface area contributed by atoms with Crippen molar-refractivity contribution in [2.45, 2.75) is 5.75 Å². The van der Waals surface area contributed by atoms with Crippen LogP contribution in [-0.4, -0.2) is 16.7 Å². The number of halogens is 2. The van der Waals surface area contributed by atoms with Crippen LogP contribution in [0.25, 0.3) is 0 Å². The molecule has 0 atom stereocenters. The molecule has 0 aromatic heterocycles. The Hall–Kier alpha value is 0.550. The van der Waals surface area contributed by atoms with Crippen LogP contribution < -0.4 is 0 Å². The lowest BCUT2D eigenvalue weighted by molar-refractivity contribution is 1.18. The van der Waals surface area contributed by atoms with Gasteiger partial charge in [-0.25, -0.2) is 0 Å². The van der Waals surface area contributed by atoms with Crippen molar-refractivity contribution in [3.8, 4) is 0 Å². The molecule has 1 aromatic rings. The number of benzene rings is 1. The Morgan fingerprint density at radius 2 is 2.27 bits per heavy atom. The summed E-state index contributed by atoms with van der Waals surface area (Å²) in [6, 6.07) is 6.26. The van der Waals surface area contributed by atoms with E-state index in [4.69, 9.17) is 0 Å². The van der Waals surface area contributed by atoms with E-state index in [1.165, 1.54) is 14.4 Å². The molecular weight excluding hydrogens is 358 g/mol. The summed E-state index contributed by atoms with van der Waals surface area (Å²) in [7, 11) is 0. The van der Waals surface area contributed by atoms with E-state index in [1.54, 1.807) is 0 Å². The zero-order valence-corrected chi connectivity index (χ0v) is 12.7. The molecule has 0 bridgehead atoms. The van der Waals surface area contributed by atoms with Crippen molar-refractivity contribution in [1.82, 2.24) is 0 Å². The molecule has 0 unspecified atom stereocenters. The molecular formula is C10H9Br2NS2. The number of rotatable bonds is 2. The molecule has 0 fully saturated rings. The first-order valence-electron chi connectivity index (χ1n) is 4.49. The fraction of sp³-hybridized carbons (Fsp3) is 0.300. The van der Waals surface area contributed by atoms with Crippen LogP contribution in [0.4, 0.5) is 0 Å². The Bertz CT molecular complexity index is 393. The minimum atomic E-state index is 0.978. The summed E-state index contributed by atoms with van der Waals surface area (Å²) in [5.41, 5.74) is 1.31. The van der Waals surface area contributed by atoms with E-state index < -0.39 is 0 Å². The van der Waals surface area contributed by atoms with Crippen LogP contribution >= 0.6 is 55.4 Å². The molecule has 0 saturated heterocycles. The van der Waals surface area contributed by atoms with Crippen molar-refractivity contribution in [3.63, 3.8) is 0 Å². The average molecular weight is 367 g/mol. The summed E-state index contributed by atoms with van der Waals surface area (Å²) in [6.07, 6.45) is 0. The Labute approximate surface area is 115 Å². The summed E-state index contributed by atoms with van der Waals surface area (Å²) in [4.78, 5) is 4.42. The van der Waals surface area contributed by atoms with Gasteiger partial charge in [-0.3, -0.25) is 4.99 Å². The normalized spacial score (nSPS) is 15.5. The van der Waals surface area contributed by atoms with Gasteiger partial charge in [0.15, 0.2) is 0 Å². The lowest BCUT2D eigenvalue weighted by atomic mass is 10.2. The van der Waals surface area contributed by atoms with Gasteiger partial charge >= 0.3 is 0 Å². The molecule has 0 amide bonds. The number of hydrogen-bond acceptors (Lipinski definition) is 3. The van der Waals surface area contributed by atoms with E-state index in [2.05, 4.69) is 49.0 Å². The van der Waals surface area contributed by atoms with Crippen molar-refractivity contribution < 1.29 is 0 Å². The Morgan fingerprint density at radius 1 is 1.40 bits per heavy atom. The molecule has 0 N–H and O–H groups in total. The molecule has 1 aliphatic rings. The van der Waals surface area contributed by atoms with Crippen LogP contribution in [0.2, 0.25) is 0 Å². The zero-order valence-electron chi connectivity index (χ0n) is 7.87. The van der Waals surface area contributed by atoms with E-state index in [0.717, 1.165) is 22.5 Å². The van der Waals surface area contributed by atoms with Gasteiger partial charge in [0.2, 0.25) is 0 Å². The summed E-state index contributed by atoms with van der Waals surface area (Å²) in [5, 5.41) is 0. The van der Waals surface area contributed by atoms with Gasteiger partial charge in [-0.05, 0) is 23.8 Å². The standard InChI is InChI=1S/C10H9Br2NS2/c11-8-1-2-9(12)7(5-8)6-15-10-13-3-4-14-10/h1-2,5H,3-4,6H2. The van der Waals surface area contributed by atoms with Crippen LogP contribution in [0.5, 0.6) is 0 Å². The molecule has 80 valence electrons. The monoisotopic (exact) mass is 365 g/mol. The summed E-state index contributed by atoms with van der Waals surface area (Å²) < 4.78 is 3.52. The van der Waals surface area contributed by atoms with E-state index in [1.807, 2.05) is 29.6 Å². The fourth-order valence-corrected chi connectivity index (χ4v) is 4.18. The number of thioether (sulfide) groups is 2. The van der Waals surface area contributed by atoms with E-state index in [-0.39, 0.29) is 0 Å². The highest BCUT2D eigenvalue weighted by Gasteiger charge is 2.09. The lowest BCUT2D eigenvalue weighted by Crippen LogP contribution is -1.86. The molecule has 1 aromatic carbocycles. The largest absolute Gasteiger partial charge is 0.271 e. The molecule has 1 nitrogen and oxygen atoms in total. The van der Waals surface area contributed by atoms with Crippen molar-refractivity contribution in [1.29, 1.82) is 0 Å². The van der Waals surface area contributed by atoms with Crippen molar-refractivity contribution in [2.24, 2.45) is 4.99 Å². The van der Waals surface area contributed by atoms with Gasteiger partial charge in [0.05, 0.1) is 6.54 Å². The number of hydrogen-bond donors (Lipinski definition) is 0. The second kappa shape index (κ2) is 5.75. The van der Waals surface area contributed by atoms with Crippen LogP contribution in [0.15, 0.2) is 32.1 Å². The van der Waals surface area contributed by atoms with Gasteiger partial charge in [-0.15, -0.1) is 0 Å². The minimum absolute atomic E-state index is 0.978.